The van der Waals surface area contributed by atoms with Crippen molar-refractivity contribution in [3.63, 3.8) is 0 Å². The third-order valence-electron chi connectivity index (χ3n) is 3.88. The normalized spacial score (nSPS) is 16.1. The third-order valence-corrected chi connectivity index (χ3v) is 5.02. The quantitative estimate of drug-likeness (QED) is 0.600. The molecular formula is C20H28N4O4S. The van der Waals surface area contributed by atoms with Crippen molar-refractivity contribution in [1.82, 2.24) is 10.2 Å². The fraction of sp³-hybridized carbons (Fsp3) is 0.500. The zero-order valence-corrected chi connectivity index (χ0v) is 18.0. The molecule has 29 heavy (non-hydrogen) atoms. The topological polar surface area (TPSA) is 100 Å². The smallest absolute Gasteiger partial charge is 0.260 e. The summed E-state index contributed by atoms with van der Waals surface area (Å²) in [7, 11) is 1.79. The van der Waals surface area contributed by atoms with E-state index in [4.69, 9.17) is 4.74 Å². The second-order valence-electron chi connectivity index (χ2n) is 7.05. The number of benzene rings is 1. The van der Waals surface area contributed by atoms with Crippen LogP contribution in [0.25, 0.3) is 0 Å². The molecule has 1 aromatic carbocycles. The summed E-state index contributed by atoms with van der Waals surface area (Å²) < 4.78 is 5.37. The second kappa shape index (κ2) is 11.0. The molecule has 0 radical (unpaired) electrons. The number of likely N-dealkylation sites (N-methyl/N-ethyl adjacent to an activating group) is 1. The first-order valence-corrected chi connectivity index (χ1v) is 10.4. The molecule has 0 spiro atoms. The number of hydrogen-bond donors (Lipinski definition) is 2. The van der Waals surface area contributed by atoms with Gasteiger partial charge in [-0.2, -0.15) is 0 Å². The number of rotatable bonds is 10. The number of thioether (sulfide) groups is 1. The first-order chi connectivity index (χ1) is 13.8. The predicted octanol–water partition coefficient (Wildman–Crippen LogP) is 1.91. The van der Waals surface area contributed by atoms with E-state index in [1.54, 1.807) is 36.2 Å². The Kier molecular flexibility index (Phi) is 8.66. The van der Waals surface area contributed by atoms with Gasteiger partial charge in [0.25, 0.3) is 5.91 Å². The van der Waals surface area contributed by atoms with E-state index in [1.165, 1.54) is 11.8 Å². The van der Waals surface area contributed by atoms with E-state index in [1.807, 2.05) is 20.8 Å². The lowest BCUT2D eigenvalue weighted by atomic mass is 10.2. The molecule has 3 amide bonds. The van der Waals surface area contributed by atoms with Crippen molar-refractivity contribution < 1.29 is 19.1 Å². The Labute approximate surface area is 175 Å². The minimum atomic E-state index is -0.536. The third kappa shape index (κ3) is 7.86. The van der Waals surface area contributed by atoms with Crippen LogP contribution in [-0.4, -0.2) is 65.7 Å². The Morgan fingerprint density at radius 3 is 2.55 bits per heavy atom. The van der Waals surface area contributed by atoms with Crippen molar-refractivity contribution in [2.45, 2.75) is 38.5 Å². The first kappa shape index (κ1) is 22.9. The molecule has 1 heterocycles. The Hall–Kier alpha value is -2.39. The van der Waals surface area contributed by atoms with Crippen LogP contribution in [-0.2, 0) is 14.4 Å². The Balaban J connectivity index is 1.79. The fourth-order valence-electron chi connectivity index (χ4n) is 2.72. The standard InChI is InChI=1S/C20H28N4O4S/c1-5-28-15-8-6-14(7-9-15)22-17(25)10-16-20(27)23-19(29-16)12-24(4)11-18(26)21-13(2)3/h6-9,13,16H,5,10-12H2,1-4H3,(H,21,26)(H,22,25)/t16-/m0/s1. The number of nitrogens with one attached hydrogen (secondary N) is 2. The lowest BCUT2D eigenvalue weighted by molar-refractivity contribution is -0.122. The zero-order valence-electron chi connectivity index (χ0n) is 17.2. The molecule has 1 aliphatic heterocycles. The number of carbonyl (C=O) groups is 3. The highest BCUT2D eigenvalue weighted by Gasteiger charge is 2.31. The molecular weight excluding hydrogens is 392 g/mol. The van der Waals surface area contributed by atoms with Gasteiger partial charge in [-0.15, -0.1) is 0 Å². The minimum absolute atomic E-state index is 0.0429. The van der Waals surface area contributed by atoms with Crippen molar-refractivity contribution in [2.24, 2.45) is 4.99 Å². The average molecular weight is 421 g/mol. The molecule has 2 N–H and O–H groups in total. The van der Waals surface area contributed by atoms with Crippen LogP contribution in [0.15, 0.2) is 29.3 Å². The van der Waals surface area contributed by atoms with E-state index >= 15 is 0 Å². The van der Waals surface area contributed by atoms with Crippen LogP contribution in [0.1, 0.15) is 27.2 Å². The van der Waals surface area contributed by atoms with Crippen molar-refractivity contribution in [3.05, 3.63) is 24.3 Å². The van der Waals surface area contributed by atoms with Crippen molar-refractivity contribution >= 4 is 40.2 Å². The Bertz CT molecular complexity index is 764. The first-order valence-electron chi connectivity index (χ1n) is 9.55. The second-order valence-corrected chi connectivity index (χ2v) is 8.33. The summed E-state index contributed by atoms with van der Waals surface area (Å²) >= 11 is 1.28. The van der Waals surface area contributed by atoms with E-state index in [-0.39, 0.29) is 36.7 Å². The van der Waals surface area contributed by atoms with Crippen molar-refractivity contribution in [3.8, 4) is 5.75 Å². The van der Waals surface area contributed by atoms with Crippen LogP contribution in [0.5, 0.6) is 5.75 Å². The molecule has 0 saturated carbocycles. The number of anilines is 1. The van der Waals surface area contributed by atoms with Gasteiger partial charge >= 0.3 is 0 Å². The maximum absolute atomic E-state index is 12.3. The van der Waals surface area contributed by atoms with E-state index in [9.17, 15) is 14.4 Å². The van der Waals surface area contributed by atoms with Crippen LogP contribution in [0.4, 0.5) is 5.69 Å². The molecule has 158 valence electrons. The van der Waals surface area contributed by atoms with Gasteiger partial charge in [0, 0.05) is 24.7 Å². The average Bonchev–Trinajstić information content (AvgIpc) is 2.94. The summed E-state index contributed by atoms with van der Waals surface area (Å²) in [6.07, 6.45) is 0.0429. The molecule has 0 fully saturated rings. The van der Waals surface area contributed by atoms with Crippen LogP contribution >= 0.6 is 11.8 Å². The van der Waals surface area contributed by atoms with Gasteiger partial charge in [0.2, 0.25) is 11.8 Å². The van der Waals surface area contributed by atoms with E-state index in [2.05, 4.69) is 15.6 Å². The fourth-order valence-corrected chi connectivity index (χ4v) is 3.87. The van der Waals surface area contributed by atoms with Gasteiger partial charge in [-0.3, -0.25) is 19.3 Å². The number of hydrogen-bond acceptors (Lipinski definition) is 6. The van der Waals surface area contributed by atoms with Gasteiger partial charge in [-0.25, -0.2) is 4.99 Å². The molecule has 1 aromatic rings. The van der Waals surface area contributed by atoms with Gasteiger partial charge in [-0.05, 0) is 52.1 Å². The van der Waals surface area contributed by atoms with E-state index in [0.29, 0.717) is 23.9 Å². The Morgan fingerprint density at radius 2 is 1.93 bits per heavy atom. The largest absolute Gasteiger partial charge is 0.494 e. The Morgan fingerprint density at radius 1 is 1.24 bits per heavy atom. The predicted molar refractivity (Wildman–Crippen MR) is 115 cm³/mol. The summed E-state index contributed by atoms with van der Waals surface area (Å²) in [6.45, 7) is 6.88. The highest BCUT2D eigenvalue weighted by molar-refractivity contribution is 8.15. The van der Waals surface area contributed by atoms with E-state index < -0.39 is 5.25 Å². The summed E-state index contributed by atoms with van der Waals surface area (Å²) in [5, 5.41) is 5.69. The summed E-state index contributed by atoms with van der Waals surface area (Å²) in [5.74, 6) is 0.0907. The molecule has 1 aliphatic rings. The number of ether oxygens (including phenoxy) is 1. The van der Waals surface area contributed by atoms with Crippen LogP contribution < -0.4 is 15.4 Å². The van der Waals surface area contributed by atoms with Crippen molar-refractivity contribution in [2.75, 3.05) is 32.1 Å². The molecule has 0 aromatic heterocycles. The van der Waals surface area contributed by atoms with E-state index in [0.717, 1.165) is 5.75 Å². The molecule has 8 nitrogen and oxygen atoms in total. The number of carbonyl (C=O) groups excluding carboxylic acids is 3. The number of aliphatic imine (C=N–C) groups is 1. The van der Waals surface area contributed by atoms with Gasteiger partial charge in [0.05, 0.1) is 18.2 Å². The zero-order chi connectivity index (χ0) is 21.4. The van der Waals surface area contributed by atoms with Crippen molar-refractivity contribution in [1.29, 1.82) is 0 Å². The monoisotopic (exact) mass is 420 g/mol. The SMILES string of the molecule is CCOc1ccc(NC(=O)C[C@@H]2SC(CN(C)CC(=O)NC(C)C)=NC2=O)cc1. The highest BCUT2D eigenvalue weighted by atomic mass is 32.2. The molecule has 0 unspecified atom stereocenters. The number of amides is 3. The molecule has 0 saturated heterocycles. The van der Waals surface area contributed by atoms with Gasteiger partial charge in [0.15, 0.2) is 0 Å². The number of nitrogens with zero attached hydrogens (tertiary/aromatic N) is 2. The van der Waals surface area contributed by atoms with Gasteiger partial charge in [0.1, 0.15) is 11.0 Å². The molecule has 0 bridgehead atoms. The molecule has 2 rings (SSSR count). The molecule has 0 aliphatic carbocycles. The summed E-state index contributed by atoms with van der Waals surface area (Å²) in [6, 6.07) is 7.15. The minimum Gasteiger partial charge on any atom is -0.494 e. The van der Waals surface area contributed by atoms with Crippen LogP contribution in [0.3, 0.4) is 0 Å². The summed E-state index contributed by atoms with van der Waals surface area (Å²) in [5.41, 5.74) is 0.644. The van der Waals surface area contributed by atoms with Crippen LogP contribution in [0.2, 0.25) is 0 Å². The van der Waals surface area contributed by atoms with Crippen LogP contribution in [0, 0.1) is 0 Å². The maximum atomic E-state index is 12.3. The molecule has 9 heteroatoms. The van der Waals surface area contributed by atoms with Gasteiger partial charge in [-0.1, -0.05) is 11.8 Å². The lowest BCUT2D eigenvalue weighted by Gasteiger charge is -2.17. The summed E-state index contributed by atoms with van der Waals surface area (Å²) in [4.78, 5) is 42.1. The highest BCUT2D eigenvalue weighted by Crippen LogP contribution is 2.26. The maximum Gasteiger partial charge on any atom is 0.260 e. The lowest BCUT2D eigenvalue weighted by Crippen LogP contribution is -2.39. The van der Waals surface area contributed by atoms with Gasteiger partial charge < -0.3 is 15.4 Å². The molecule has 1 atom stereocenters.